The summed E-state index contributed by atoms with van der Waals surface area (Å²) in [7, 11) is 1.56. The molecule has 30 heavy (non-hydrogen) atoms. The van der Waals surface area contributed by atoms with Gasteiger partial charge in [0.1, 0.15) is 16.8 Å². The number of methoxy groups -OCH3 is 1. The van der Waals surface area contributed by atoms with Gasteiger partial charge in [0.05, 0.1) is 12.1 Å². The topological polar surface area (TPSA) is 77.5 Å². The molecule has 2 heterocycles. The summed E-state index contributed by atoms with van der Waals surface area (Å²) in [5.74, 6) is 0.906. The fourth-order valence-corrected chi connectivity index (χ4v) is 3.47. The molecule has 5 rings (SSSR count). The van der Waals surface area contributed by atoms with Crippen molar-refractivity contribution < 1.29 is 18.4 Å². The molecule has 0 atom stereocenters. The lowest BCUT2D eigenvalue weighted by atomic mass is 10.2. The molecule has 0 aliphatic heterocycles. The fourth-order valence-electron chi connectivity index (χ4n) is 3.21. The molecule has 0 aliphatic rings. The Kier molecular flexibility index (Phi) is 4.41. The van der Waals surface area contributed by atoms with Gasteiger partial charge in [0, 0.05) is 16.6 Å². The summed E-state index contributed by atoms with van der Waals surface area (Å²) in [5, 5.41) is 4.17. The van der Waals surface area contributed by atoms with Gasteiger partial charge in [0.25, 0.3) is 5.91 Å². The fraction of sp³-hybridized carbons (Fsp3) is 0.0435. The highest BCUT2D eigenvalue weighted by atomic mass is 35.5. The molecule has 0 unspecified atom stereocenters. The maximum absolute atomic E-state index is 12.6. The van der Waals surface area contributed by atoms with Crippen molar-refractivity contribution in [1.29, 1.82) is 0 Å². The van der Waals surface area contributed by atoms with Crippen molar-refractivity contribution >= 4 is 45.3 Å². The second-order valence-corrected chi connectivity index (χ2v) is 7.06. The number of hydrogen-bond acceptors (Lipinski definition) is 5. The number of halogens is 1. The van der Waals surface area contributed by atoms with Crippen molar-refractivity contribution in [2.75, 3.05) is 12.4 Å². The Morgan fingerprint density at radius 2 is 1.87 bits per heavy atom. The van der Waals surface area contributed by atoms with Crippen LogP contribution in [0.4, 0.5) is 5.69 Å². The first-order chi connectivity index (χ1) is 14.6. The maximum atomic E-state index is 12.6. The zero-order chi connectivity index (χ0) is 20.7. The number of hydrogen-bond donors (Lipinski definition) is 1. The Balaban J connectivity index is 1.42. The van der Waals surface area contributed by atoms with E-state index in [1.807, 2.05) is 30.3 Å². The zero-order valence-corrected chi connectivity index (χ0v) is 16.6. The lowest BCUT2D eigenvalue weighted by Crippen LogP contribution is -2.10. The van der Waals surface area contributed by atoms with Crippen molar-refractivity contribution in [3.8, 4) is 17.2 Å². The number of furan rings is 1. The summed E-state index contributed by atoms with van der Waals surface area (Å²) in [6, 6.07) is 19.7. The number of para-hydroxylation sites is 1. The van der Waals surface area contributed by atoms with Gasteiger partial charge in [-0.3, -0.25) is 4.79 Å². The lowest BCUT2D eigenvalue weighted by molar-refractivity contribution is 0.0998. The smallest absolute Gasteiger partial charge is 0.291 e. The largest absolute Gasteiger partial charge is 0.495 e. The molecule has 1 amide bonds. The summed E-state index contributed by atoms with van der Waals surface area (Å²) >= 11 is 6.20. The second-order valence-electron chi connectivity index (χ2n) is 6.65. The summed E-state index contributed by atoms with van der Waals surface area (Å²) in [5.41, 5.74) is 3.18. The predicted molar refractivity (Wildman–Crippen MR) is 115 cm³/mol. The molecule has 148 valence electrons. The van der Waals surface area contributed by atoms with E-state index in [4.69, 9.17) is 25.2 Å². The van der Waals surface area contributed by atoms with Gasteiger partial charge >= 0.3 is 0 Å². The van der Waals surface area contributed by atoms with Crippen LogP contribution in [0.2, 0.25) is 5.02 Å². The van der Waals surface area contributed by atoms with E-state index in [1.54, 1.807) is 43.5 Å². The lowest BCUT2D eigenvalue weighted by Gasteiger charge is -2.03. The van der Waals surface area contributed by atoms with Crippen LogP contribution in [0.15, 0.2) is 75.6 Å². The molecule has 0 spiro atoms. The molecule has 3 aromatic carbocycles. The Bertz CT molecular complexity index is 1370. The van der Waals surface area contributed by atoms with Gasteiger partial charge in [-0.1, -0.05) is 29.8 Å². The van der Waals surface area contributed by atoms with Crippen molar-refractivity contribution in [2.45, 2.75) is 0 Å². The first-order valence-electron chi connectivity index (χ1n) is 9.15. The first kappa shape index (κ1) is 18.3. The number of benzene rings is 3. The van der Waals surface area contributed by atoms with E-state index in [2.05, 4.69) is 10.3 Å². The quantitative estimate of drug-likeness (QED) is 0.378. The average molecular weight is 419 g/mol. The van der Waals surface area contributed by atoms with Crippen LogP contribution in [-0.4, -0.2) is 18.0 Å². The summed E-state index contributed by atoms with van der Waals surface area (Å²) < 4.78 is 16.6. The van der Waals surface area contributed by atoms with Gasteiger partial charge in [-0.2, -0.15) is 0 Å². The zero-order valence-electron chi connectivity index (χ0n) is 15.8. The first-order valence-corrected chi connectivity index (χ1v) is 9.53. The number of anilines is 1. The minimum Gasteiger partial charge on any atom is -0.495 e. The number of fused-ring (bicyclic) bond motifs is 2. The Hall–Kier alpha value is -3.77. The van der Waals surface area contributed by atoms with Gasteiger partial charge < -0.3 is 18.9 Å². The number of aromatic nitrogens is 1. The third-order valence-corrected chi connectivity index (χ3v) is 4.99. The molecule has 7 heteroatoms. The van der Waals surface area contributed by atoms with Gasteiger partial charge in [-0.25, -0.2) is 4.98 Å². The van der Waals surface area contributed by atoms with Crippen LogP contribution in [0.5, 0.6) is 5.75 Å². The standard InChI is InChI=1S/C23H15ClN2O4/c1-28-19-8-6-14(10-16(19)24)23-26-17-12-15(7-9-20(17)30-23)25-22(27)21-11-13-4-2-3-5-18(13)29-21/h2-12H,1H3,(H,25,27). The molecule has 0 bridgehead atoms. The van der Waals surface area contributed by atoms with E-state index in [0.717, 1.165) is 10.9 Å². The van der Waals surface area contributed by atoms with Crippen molar-refractivity contribution in [3.63, 3.8) is 0 Å². The van der Waals surface area contributed by atoms with Gasteiger partial charge in [-0.15, -0.1) is 0 Å². The number of oxazole rings is 1. The third-order valence-electron chi connectivity index (χ3n) is 4.69. The molecule has 0 radical (unpaired) electrons. The van der Waals surface area contributed by atoms with Gasteiger partial charge in [0.15, 0.2) is 11.3 Å². The number of nitrogens with one attached hydrogen (secondary N) is 1. The molecular formula is C23H15ClN2O4. The minimum absolute atomic E-state index is 0.241. The Morgan fingerprint density at radius 3 is 2.67 bits per heavy atom. The number of amides is 1. The molecule has 0 aliphatic carbocycles. The van der Waals surface area contributed by atoms with Crippen molar-refractivity contribution in [2.24, 2.45) is 0 Å². The van der Waals surface area contributed by atoms with Crippen LogP contribution < -0.4 is 10.1 Å². The average Bonchev–Trinajstić information content (AvgIpc) is 3.37. The minimum atomic E-state index is -0.337. The molecule has 0 saturated carbocycles. The molecule has 0 saturated heterocycles. The van der Waals surface area contributed by atoms with Crippen molar-refractivity contribution in [3.05, 3.63) is 77.5 Å². The van der Waals surface area contributed by atoms with Crippen LogP contribution in [0.3, 0.4) is 0 Å². The molecular weight excluding hydrogens is 404 g/mol. The Morgan fingerprint density at radius 1 is 1.00 bits per heavy atom. The van der Waals surface area contributed by atoms with Crippen LogP contribution in [-0.2, 0) is 0 Å². The van der Waals surface area contributed by atoms with E-state index >= 15 is 0 Å². The second kappa shape index (κ2) is 7.24. The Labute approximate surface area is 176 Å². The van der Waals surface area contributed by atoms with Gasteiger partial charge in [0.2, 0.25) is 5.89 Å². The molecule has 2 aromatic heterocycles. The highest BCUT2D eigenvalue weighted by Crippen LogP contribution is 2.32. The monoisotopic (exact) mass is 418 g/mol. The molecule has 5 aromatic rings. The van der Waals surface area contributed by atoms with Gasteiger partial charge in [-0.05, 0) is 48.5 Å². The third kappa shape index (κ3) is 3.27. The van der Waals surface area contributed by atoms with E-state index in [-0.39, 0.29) is 11.7 Å². The summed E-state index contributed by atoms with van der Waals surface area (Å²) in [6.45, 7) is 0. The number of carbonyl (C=O) groups is 1. The van der Waals surface area contributed by atoms with Crippen LogP contribution in [0, 0.1) is 0 Å². The molecule has 1 N–H and O–H groups in total. The van der Waals surface area contributed by atoms with E-state index in [0.29, 0.717) is 39.0 Å². The SMILES string of the molecule is COc1ccc(-c2nc3cc(NC(=O)c4cc5ccccc5o4)ccc3o2)cc1Cl. The number of rotatable bonds is 4. The normalized spacial score (nSPS) is 11.1. The van der Waals surface area contributed by atoms with Crippen LogP contribution in [0.25, 0.3) is 33.5 Å². The predicted octanol–water partition coefficient (Wildman–Crippen LogP) is 6.16. The summed E-state index contributed by atoms with van der Waals surface area (Å²) in [4.78, 5) is 17.1. The molecule has 0 fully saturated rings. The van der Waals surface area contributed by atoms with E-state index in [9.17, 15) is 4.79 Å². The molecule has 6 nitrogen and oxygen atoms in total. The number of ether oxygens (including phenoxy) is 1. The van der Waals surface area contributed by atoms with Crippen LogP contribution in [0.1, 0.15) is 10.6 Å². The van der Waals surface area contributed by atoms with Crippen molar-refractivity contribution in [1.82, 2.24) is 4.98 Å². The number of carbonyl (C=O) groups excluding carboxylic acids is 1. The highest BCUT2D eigenvalue weighted by molar-refractivity contribution is 6.32. The van der Waals surface area contributed by atoms with E-state index < -0.39 is 0 Å². The summed E-state index contributed by atoms with van der Waals surface area (Å²) in [6.07, 6.45) is 0. The maximum Gasteiger partial charge on any atom is 0.291 e. The number of nitrogens with zero attached hydrogens (tertiary/aromatic N) is 1. The van der Waals surface area contributed by atoms with Crippen LogP contribution >= 0.6 is 11.6 Å². The highest BCUT2D eigenvalue weighted by Gasteiger charge is 2.15. The van der Waals surface area contributed by atoms with E-state index in [1.165, 1.54) is 0 Å².